The molecule has 1 aliphatic rings. The molecule has 0 saturated heterocycles. The van der Waals surface area contributed by atoms with E-state index in [0.717, 1.165) is 59.4 Å². The lowest BCUT2D eigenvalue weighted by Crippen LogP contribution is -2.29. The summed E-state index contributed by atoms with van der Waals surface area (Å²) >= 11 is 0. The number of aromatic amines is 1. The maximum atomic E-state index is 5.46. The summed E-state index contributed by atoms with van der Waals surface area (Å²) in [4.78, 5) is 17.4. The van der Waals surface area contributed by atoms with Gasteiger partial charge < -0.3 is 20.4 Å². The smallest absolute Gasteiger partial charge is 0.226 e. The molecule has 0 aromatic carbocycles. The van der Waals surface area contributed by atoms with Gasteiger partial charge in [-0.1, -0.05) is 0 Å². The maximum absolute atomic E-state index is 5.46. The Morgan fingerprint density at radius 1 is 1.14 bits per heavy atom. The number of H-pyrrole nitrogens is 1. The van der Waals surface area contributed by atoms with Crippen LogP contribution in [0, 0.1) is 0 Å². The van der Waals surface area contributed by atoms with E-state index in [1.165, 1.54) is 0 Å². The van der Waals surface area contributed by atoms with Gasteiger partial charge in [0.1, 0.15) is 11.5 Å². The average Bonchev–Trinajstić information content (AvgIpc) is 3.40. The molecule has 9 heteroatoms. The van der Waals surface area contributed by atoms with Crippen molar-refractivity contribution in [3.63, 3.8) is 0 Å². The summed E-state index contributed by atoms with van der Waals surface area (Å²) in [5, 5.41) is 11.8. The summed E-state index contributed by atoms with van der Waals surface area (Å²) in [5.41, 5.74) is 3.39. The monoisotopic (exact) mass is 392 g/mol. The highest BCUT2D eigenvalue weighted by Crippen LogP contribution is 2.32. The number of ether oxygens (including phenoxy) is 1. The average molecular weight is 392 g/mol. The molecule has 0 atom stereocenters. The van der Waals surface area contributed by atoms with Crippen molar-refractivity contribution in [1.29, 1.82) is 0 Å². The van der Waals surface area contributed by atoms with Crippen molar-refractivity contribution < 1.29 is 4.74 Å². The molecule has 150 valence electrons. The largest absolute Gasteiger partial charge is 0.381 e. The van der Waals surface area contributed by atoms with Crippen LogP contribution < -0.4 is 10.6 Å². The first-order valence-corrected chi connectivity index (χ1v) is 9.92. The Labute approximate surface area is 167 Å². The van der Waals surface area contributed by atoms with E-state index in [1.54, 1.807) is 17.8 Å². The van der Waals surface area contributed by atoms with Gasteiger partial charge in [0.05, 0.1) is 23.4 Å². The van der Waals surface area contributed by atoms with Gasteiger partial charge in [-0.15, -0.1) is 0 Å². The van der Waals surface area contributed by atoms with E-state index in [1.807, 2.05) is 31.6 Å². The molecule has 1 fully saturated rings. The Hall–Kier alpha value is -3.20. The molecule has 9 nitrogen and oxygen atoms in total. The van der Waals surface area contributed by atoms with Crippen LogP contribution in [-0.2, 0) is 4.74 Å². The molecule has 4 aromatic rings. The normalized spacial score (nSPS) is 19.7. The van der Waals surface area contributed by atoms with Crippen LogP contribution in [0.5, 0.6) is 0 Å². The lowest BCUT2D eigenvalue weighted by molar-refractivity contribution is 0.0681. The minimum atomic E-state index is 0.365. The molecular formula is C20H24N8O. The zero-order valence-corrected chi connectivity index (χ0v) is 16.5. The quantitative estimate of drug-likeness (QED) is 0.479. The third kappa shape index (κ3) is 3.27. The Bertz CT molecular complexity index is 1140. The molecule has 0 unspecified atom stereocenters. The summed E-state index contributed by atoms with van der Waals surface area (Å²) in [5.74, 6) is 1.41. The molecule has 1 saturated carbocycles. The van der Waals surface area contributed by atoms with E-state index in [-0.39, 0.29) is 0 Å². The van der Waals surface area contributed by atoms with Gasteiger partial charge >= 0.3 is 0 Å². The van der Waals surface area contributed by atoms with Crippen molar-refractivity contribution in [2.24, 2.45) is 0 Å². The minimum Gasteiger partial charge on any atom is -0.381 e. The summed E-state index contributed by atoms with van der Waals surface area (Å²) in [7, 11) is 3.66. The second kappa shape index (κ2) is 7.32. The van der Waals surface area contributed by atoms with Gasteiger partial charge in [-0.05, 0) is 31.7 Å². The predicted octanol–water partition coefficient (Wildman–Crippen LogP) is 3.08. The number of fused-ring (bicyclic) bond motifs is 2. The van der Waals surface area contributed by atoms with Crippen molar-refractivity contribution >= 4 is 28.4 Å². The second-order valence-electron chi connectivity index (χ2n) is 7.37. The lowest BCUT2D eigenvalue weighted by atomic mass is 9.93. The van der Waals surface area contributed by atoms with Crippen LogP contribution in [0.25, 0.3) is 27.9 Å². The van der Waals surface area contributed by atoms with Crippen LogP contribution in [0.3, 0.4) is 0 Å². The molecule has 4 heterocycles. The lowest BCUT2D eigenvalue weighted by Gasteiger charge is -2.28. The number of nitrogens with one attached hydrogen (secondary N) is 3. The van der Waals surface area contributed by atoms with Gasteiger partial charge in [-0.2, -0.15) is 15.1 Å². The molecule has 0 aliphatic heterocycles. The van der Waals surface area contributed by atoms with Crippen molar-refractivity contribution in [3.8, 4) is 11.3 Å². The van der Waals surface area contributed by atoms with E-state index in [4.69, 9.17) is 19.7 Å². The topological polar surface area (TPSA) is 105 Å². The maximum Gasteiger partial charge on any atom is 0.226 e. The molecule has 0 bridgehead atoms. The SMILES string of the molecule is CNc1nc(NC2CCC(OC)CC2)nc2[nH]cc(-c3ccn4nccc4n3)c12. The third-order valence-electron chi connectivity index (χ3n) is 5.64. The first-order chi connectivity index (χ1) is 14.2. The van der Waals surface area contributed by atoms with E-state index in [0.29, 0.717) is 18.1 Å². The molecule has 0 spiro atoms. The van der Waals surface area contributed by atoms with Crippen LogP contribution >= 0.6 is 0 Å². The second-order valence-corrected chi connectivity index (χ2v) is 7.37. The molecule has 29 heavy (non-hydrogen) atoms. The Morgan fingerprint density at radius 2 is 2.00 bits per heavy atom. The van der Waals surface area contributed by atoms with Gasteiger partial charge in [0.25, 0.3) is 0 Å². The van der Waals surface area contributed by atoms with Gasteiger partial charge in [0.15, 0.2) is 5.65 Å². The van der Waals surface area contributed by atoms with Crippen molar-refractivity contribution in [2.45, 2.75) is 37.8 Å². The molecular weight excluding hydrogens is 368 g/mol. The van der Waals surface area contributed by atoms with Crippen LogP contribution in [0.1, 0.15) is 25.7 Å². The van der Waals surface area contributed by atoms with E-state index in [9.17, 15) is 0 Å². The molecule has 0 radical (unpaired) electrons. The highest BCUT2D eigenvalue weighted by molar-refractivity contribution is 6.00. The summed E-state index contributed by atoms with van der Waals surface area (Å²) in [6.07, 6.45) is 10.2. The van der Waals surface area contributed by atoms with Crippen molar-refractivity contribution in [3.05, 3.63) is 30.7 Å². The minimum absolute atomic E-state index is 0.365. The van der Waals surface area contributed by atoms with Gasteiger partial charge in [-0.3, -0.25) is 0 Å². The summed E-state index contributed by atoms with van der Waals surface area (Å²) < 4.78 is 7.21. The number of aromatic nitrogens is 6. The number of hydrogen-bond donors (Lipinski definition) is 3. The van der Waals surface area contributed by atoms with Crippen LogP contribution in [-0.4, -0.2) is 55.9 Å². The third-order valence-corrected chi connectivity index (χ3v) is 5.64. The molecule has 0 amide bonds. The zero-order chi connectivity index (χ0) is 19.8. The number of nitrogens with zero attached hydrogens (tertiary/aromatic N) is 5. The molecule has 4 aromatic heterocycles. The van der Waals surface area contributed by atoms with Gasteiger partial charge in [0.2, 0.25) is 5.95 Å². The fraction of sp³-hybridized carbons (Fsp3) is 0.400. The van der Waals surface area contributed by atoms with E-state index in [2.05, 4.69) is 20.7 Å². The van der Waals surface area contributed by atoms with Crippen LogP contribution in [0.15, 0.2) is 30.7 Å². The zero-order valence-electron chi connectivity index (χ0n) is 16.5. The van der Waals surface area contributed by atoms with Crippen LogP contribution in [0.4, 0.5) is 11.8 Å². The summed E-state index contributed by atoms with van der Waals surface area (Å²) in [6.45, 7) is 0. The van der Waals surface area contributed by atoms with Crippen molar-refractivity contribution in [1.82, 2.24) is 29.5 Å². The Kier molecular flexibility index (Phi) is 4.51. The predicted molar refractivity (Wildman–Crippen MR) is 112 cm³/mol. The van der Waals surface area contributed by atoms with E-state index >= 15 is 0 Å². The number of hydrogen-bond acceptors (Lipinski definition) is 7. The van der Waals surface area contributed by atoms with Crippen molar-refractivity contribution in [2.75, 3.05) is 24.8 Å². The van der Waals surface area contributed by atoms with Gasteiger partial charge in [-0.25, -0.2) is 9.50 Å². The molecule has 3 N–H and O–H groups in total. The molecule has 1 aliphatic carbocycles. The first-order valence-electron chi connectivity index (χ1n) is 9.92. The number of anilines is 2. The fourth-order valence-corrected chi connectivity index (χ4v) is 4.07. The Morgan fingerprint density at radius 3 is 2.79 bits per heavy atom. The number of methoxy groups -OCH3 is 1. The highest BCUT2D eigenvalue weighted by atomic mass is 16.5. The number of rotatable bonds is 5. The first kappa shape index (κ1) is 17.9. The van der Waals surface area contributed by atoms with Gasteiger partial charge in [0, 0.05) is 44.2 Å². The standard InChI is InChI=1S/C20H24N8O/c1-21-18-17-14(15-8-10-28-16(25-15)7-9-23-28)11-22-19(17)27-20(26-18)24-12-3-5-13(29-2)6-4-12/h7-13H,3-6H2,1-2H3,(H3,21,22,24,26,27). The fourth-order valence-electron chi connectivity index (χ4n) is 4.07. The molecule has 5 rings (SSSR count). The van der Waals surface area contributed by atoms with E-state index < -0.39 is 0 Å². The highest BCUT2D eigenvalue weighted by Gasteiger charge is 2.22. The summed E-state index contributed by atoms with van der Waals surface area (Å²) in [6, 6.07) is 4.19. The van der Waals surface area contributed by atoms with Crippen LogP contribution in [0.2, 0.25) is 0 Å². The Balaban J connectivity index is 1.47.